The molecule has 2 radical (unpaired) electrons. The number of hydrogen-bond donors (Lipinski definition) is 0. The molecular weight excluding hydrogens is 150 g/mol. The zero-order valence-electron chi connectivity index (χ0n) is 7.44. The van der Waals surface area contributed by atoms with Gasteiger partial charge in [-0.25, -0.2) is 0 Å². The standard InChI is InChI=1S/C6H12O2.2Na/c1-3-4-5-8-6(2)7;;/h3-5H2,1-2H3;;. The van der Waals surface area contributed by atoms with E-state index in [0.717, 1.165) is 12.8 Å². The van der Waals surface area contributed by atoms with Crippen molar-refractivity contribution in [2.24, 2.45) is 0 Å². The van der Waals surface area contributed by atoms with E-state index in [-0.39, 0.29) is 65.1 Å². The Morgan fingerprint density at radius 2 is 1.90 bits per heavy atom. The van der Waals surface area contributed by atoms with E-state index in [1.807, 2.05) is 0 Å². The molecule has 0 aromatic rings. The summed E-state index contributed by atoms with van der Waals surface area (Å²) in [4.78, 5) is 10.1. The van der Waals surface area contributed by atoms with Gasteiger partial charge >= 0.3 is 5.97 Å². The average Bonchev–Trinajstić information content (AvgIpc) is 1.66. The van der Waals surface area contributed by atoms with Crippen molar-refractivity contribution in [3.63, 3.8) is 0 Å². The molecule has 0 saturated carbocycles. The molecule has 0 rings (SSSR count). The Morgan fingerprint density at radius 1 is 1.40 bits per heavy atom. The number of carbonyl (C=O) groups is 1. The third-order valence-corrected chi connectivity index (χ3v) is 0.803. The van der Waals surface area contributed by atoms with Crippen molar-refractivity contribution in [2.75, 3.05) is 6.61 Å². The van der Waals surface area contributed by atoms with Gasteiger partial charge in [-0.15, -0.1) is 0 Å². The molecule has 0 atom stereocenters. The summed E-state index contributed by atoms with van der Waals surface area (Å²) in [6, 6.07) is 0. The van der Waals surface area contributed by atoms with Crippen LogP contribution in [0.25, 0.3) is 0 Å². The summed E-state index contributed by atoms with van der Waals surface area (Å²) in [5.41, 5.74) is 0. The van der Waals surface area contributed by atoms with Crippen molar-refractivity contribution in [3.05, 3.63) is 0 Å². The predicted molar refractivity (Wildman–Crippen MR) is 43.0 cm³/mol. The first-order valence-corrected chi connectivity index (χ1v) is 2.90. The normalized spacial score (nSPS) is 7.00. The Balaban J connectivity index is -0.000000245. The van der Waals surface area contributed by atoms with Gasteiger partial charge in [-0.2, -0.15) is 0 Å². The summed E-state index contributed by atoms with van der Waals surface area (Å²) < 4.78 is 4.64. The van der Waals surface area contributed by atoms with E-state index in [0.29, 0.717) is 6.61 Å². The molecule has 4 heteroatoms. The van der Waals surface area contributed by atoms with Gasteiger partial charge in [-0.05, 0) is 6.42 Å². The van der Waals surface area contributed by atoms with E-state index in [1.165, 1.54) is 6.92 Å². The molecule has 0 aromatic carbocycles. The fraction of sp³-hybridized carbons (Fsp3) is 0.833. The van der Waals surface area contributed by atoms with Gasteiger partial charge in [0.2, 0.25) is 0 Å². The maximum atomic E-state index is 10.1. The van der Waals surface area contributed by atoms with Crippen molar-refractivity contribution >= 4 is 65.1 Å². The van der Waals surface area contributed by atoms with E-state index >= 15 is 0 Å². The third-order valence-electron chi connectivity index (χ3n) is 0.803. The first-order valence-electron chi connectivity index (χ1n) is 2.90. The van der Waals surface area contributed by atoms with Crippen molar-refractivity contribution in [3.8, 4) is 0 Å². The zero-order valence-corrected chi connectivity index (χ0v) is 11.4. The number of esters is 1. The minimum absolute atomic E-state index is 0. The second-order valence-electron chi connectivity index (χ2n) is 1.69. The van der Waals surface area contributed by atoms with Crippen molar-refractivity contribution in [1.82, 2.24) is 0 Å². The molecule has 0 heterocycles. The fourth-order valence-electron chi connectivity index (χ4n) is 0.360. The van der Waals surface area contributed by atoms with Crippen LogP contribution in [0.3, 0.4) is 0 Å². The molecule has 0 aromatic heterocycles. The topological polar surface area (TPSA) is 26.3 Å². The second kappa shape index (κ2) is 13.1. The van der Waals surface area contributed by atoms with Crippen molar-refractivity contribution < 1.29 is 9.53 Å². The van der Waals surface area contributed by atoms with Crippen molar-refractivity contribution in [1.29, 1.82) is 0 Å². The van der Waals surface area contributed by atoms with Crippen LogP contribution >= 0.6 is 0 Å². The molecule has 0 N–H and O–H groups in total. The largest absolute Gasteiger partial charge is 0.466 e. The Morgan fingerprint density at radius 3 is 2.20 bits per heavy atom. The minimum atomic E-state index is -0.182. The van der Waals surface area contributed by atoms with Crippen molar-refractivity contribution in [2.45, 2.75) is 26.7 Å². The third kappa shape index (κ3) is 16.2. The van der Waals surface area contributed by atoms with Crippen LogP contribution in [-0.2, 0) is 9.53 Å². The smallest absolute Gasteiger partial charge is 0.302 e. The van der Waals surface area contributed by atoms with Crippen LogP contribution in [-0.4, -0.2) is 71.7 Å². The Labute approximate surface area is 107 Å². The molecule has 50 valence electrons. The van der Waals surface area contributed by atoms with Crippen LogP contribution in [0.5, 0.6) is 0 Å². The van der Waals surface area contributed by atoms with Crippen LogP contribution in [0.1, 0.15) is 26.7 Å². The predicted octanol–water partition coefficient (Wildman–Crippen LogP) is 0.588. The van der Waals surface area contributed by atoms with Gasteiger partial charge in [-0.3, -0.25) is 4.79 Å². The van der Waals surface area contributed by atoms with Gasteiger partial charge in [0.25, 0.3) is 0 Å². The molecular formula is C6H12Na2O2. The molecule has 0 amide bonds. The number of carbonyl (C=O) groups excluding carboxylic acids is 1. The molecule has 10 heavy (non-hydrogen) atoms. The van der Waals surface area contributed by atoms with Gasteiger partial charge in [0.1, 0.15) is 0 Å². The van der Waals surface area contributed by atoms with Gasteiger partial charge in [0.05, 0.1) is 6.61 Å². The van der Waals surface area contributed by atoms with E-state index in [2.05, 4.69) is 11.7 Å². The first-order chi connectivity index (χ1) is 3.77. The average molecular weight is 162 g/mol. The Bertz CT molecular complexity index is 76.1. The monoisotopic (exact) mass is 162 g/mol. The number of ether oxygens (including phenoxy) is 1. The zero-order chi connectivity index (χ0) is 6.41. The maximum absolute atomic E-state index is 10.1. The SMILES string of the molecule is CCCCOC(C)=O.[Na].[Na]. The molecule has 0 aliphatic rings. The van der Waals surface area contributed by atoms with E-state index < -0.39 is 0 Å². The van der Waals surface area contributed by atoms with Crippen LogP contribution in [0.4, 0.5) is 0 Å². The maximum Gasteiger partial charge on any atom is 0.302 e. The minimum Gasteiger partial charge on any atom is -0.466 e. The molecule has 0 spiro atoms. The molecule has 0 fully saturated rings. The summed E-state index contributed by atoms with van der Waals surface area (Å²) in [5.74, 6) is -0.182. The quantitative estimate of drug-likeness (QED) is 0.345. The molecule has 0 unspecified atom stereocenters. The summed E-state index contributed by atoms with van der Waals surface area (Å²) >= 11 is 0. The first kappa shape index (κ1) is 17.5. The van der Waals surface area contributed by atoms with Gasteiger partial charge < -0.3 is 4.74 Å². The number of unbranched alkanes of at least 4 members (excludes halogenated alkanes) is 1. The van der Waals surface area contributed by atoms with Crippen LogP contribution in [0.2, 0.25) is 0 Å². The van der Waals surface area contributed by atoms with E-state index in [1.54, 1.807) is 0 Å². The molecule has 2 nitrogen and oxygen atoms in total. The summed E-state index contributed by atoms with van der Waals surface area (Å²) in [5, 5.41) is 0. The van der Waals surface area contributed by atoms with Crippen LogP contribution in [0, 0.1) is 0 Å². The molecule has 0 aliphatic carbocycles. The molecule has 0 aliphatic heterocycles. The van der Waals surface area contributed by atoms with Gasteiger partial charge in [-0.1, -0.05) is 13.3 Å². The Kier molecular flexibility index (Phi) is 22.9. The fourth-order valence-corrected chi connectivity index (χ4v) is 0.360. The van der Waals surface area contributed by atoms with E-state index in [4.69, 9.17) is 0 Å². The Hall–Kier alpha value is 1.47. The summed E-state index contributed by atoms with van der Waals surface area (Å²) in [6.07, 6.45) is 2.05. The molecule has 0 bridgehead atoms. The van der Waals surface area contributed by atoms with E-state index in [9.17, 15) is 4.79 Å². The number of rotatable bonds is 3. The van der Waals surface area contributed by atoms with Gasteiger partial charge in [0.15, 0.2) is 0 Å². The van der Waals surface area contributed by atoms with Crippen LogP contribution < -0.4 is 0 Å². The molecule has 0 saturated heterocycles. The van der Waals surface area contributed by atoms with Crippen LogP contribution in [0.15, 0.2) is 0 Å². The summed E-state index contributed by atoms with van der Waals surface area (Å²) in [6.45, 7) is 4.06. The van der Waals surface area contributed by atoms with Gasteiger partial charge in [0, 0.05) is 66.0 Å². The number of hydrogen-bond acceptors (Lipinski definition) is 2. The summed E-state index contributed by atoms with van der Waals surface area (Å²) in [7, 11) is 0. The second-order valence-corrected chi connectivity index (χ2v) is 1.69.